The Morgan fingerprint density at radius 2 is 1.45 bits per heavy atom. The number of hydrogen-bond donors (Lipinski definition) is 2. The number of aromatic hydroxyl groups is 1. The second kappa shape index (κ2) is 13.1. The summed E-state index contributed by atoms with van der Waals surface area (Å²) in [5.74, 6) is -24.3. The van der Waals surface area contributed by atoms with Gasteiger partial charge in [-0.1, -0.05) is 29.9 Å². The molecule has 286 valence electrons. The lowest BCUT2D eigenvalue weighted by atomic mass is 9.57. The molecular weight excluding hydrogens is 782 g/mol. The van der Waals surface area contributed by atoms with Gasteiger partial charge < -0.3 is 19.7 Å². The minimum atomic E-state index is -2.75. The molecule has 11 nitrogen and oxygen atoms in total. The minimum Gasteiger partial charge on any atom is -0.502 e. The number of anilines is 2. The fourth-order valence-corrected chi connectivity index (χ4v) is 8.96. The van der Waals surface area contributed by atoms with Gasteiger partial charge in [-0.15, -0.1) is 23.2 Å². The van der Waals surface area contributed by atoms with E-state index in [1.165, 1.54) is 62.8 Å². The molecule has 1 saturated carbocycles. The SMILES string of the molecule is COc1cc(C=CC2C3=CCC4C(=O)N(c5cccc(C(=O)O)c5)C(=O)C4C3CC3(Cl)C(=O)N(c4c(F)c(F)c(F)c(F)c4F)C(=O)C23Cl)cc(OC)c1O. The van der Waals surface area contributed by atoms with E-state index in [2.05, 4.69) is 0 Å². The molecule has 0 spiro atoms. The molecule has 2 N–H and O–H groups in total. The minimum absolute atomic E-state index is 0.0562. The van der Waals surface area contributed by atoms with Gasteiger partial charge in [-0.3, -0.25) is 24.1 Å². The third-order valence-corrected chi connectivity index (χ3v) is 12.0. The Balaban J connectivity index is 1.40. The number of phenolic OH excluding ortho intramolecular Hbond substituents is 1. The number of methoxy groups -OCH3 is 2. The highest BCUT2D eigenvalue weighted by Gasteiger charge is 2.76. The van der Waals surface area contributed by atoms with E-state index < -0.39 is 104 Å². The van der Waals surface area contributed by atoms with Crippen molar-refractivity contribution >= 4 is 70.3 Å². The standard InChI is InChI=1S/C37H25Cl2F5N2O9/c1-54-21-10-14(11-22(55-2)30(21)47)6-9-20-17-7-8-18-23(32(49)45(31(18)48)16-5-3-4-15(12-16)33(50)51)19(17)13-36(38)34(52)46(35(53)37(20,36)39)29-27(43)25(41)24(40)26(42)28(29)44/h3-7,9-12,18-20,23,47H,8,13H2,1-2H3,(H,50,51). The summed E-state index contributed by atoms with van der Waals surface area (Å²) in [6, 6.07) is 7.72. The van der Waals surface area contributed by atoms with Gasteiger partial charge in [-0.2, -0.15) is 0 Å². The molecule has 4 amide bonds. The molecule has 18 heteroatoms. The first-order valence-electron chi connectivity index (χ1n) is 16.3. The molecule has 3 fully saturated rings. The summed E-state index contributed by atoms with van der Waals surface area (Å²) in [5, 5.41) is 19.9. The van der Waals surface area contributed by atoms with E-state index in [0.29, 0.717) is 0 Å². The van der Waals surface area contributed by atoms with Gasteiger partial charge in [-0.25, -0.2) is 31.6 Å². The lowest BCUT2D eigenvalue weighted by molar-refractivity contribution is -0.125. The van der Waals surface area contributed by atoms with Gasteiger partial charge in [-0.05, 0) is 54.7 Å². The van der Waals surface area contributed by atoms with Gasteiger partial charge in [0.1, 0.15) is 5.69 Å². The first-order valence-corrected chi connectivity index (χ1v) is 17.0. The largest absolute Gasteiger partial charge is 0.502 e. The Morgan fingerprint density at radius 1 is 0.855 bits per heavy atom. The maximum Gasteiger partial charge on any atom is 0.335 e. The van der Waals surface area contributed by atoms with E-state index in [9.17, 15) is 47.4 Å². The van der Waals surface area contributed by atoms with Crippen LogP contribution in [-0.2, 0) is 19.2 Å². The molecule has 6 unspecified atom stereocenters. The Labute approximate surface area is 317 Å². The van der Waals surface area contributed by atoms with Gasteiger partial charge >= 0.3 is 5.97 Å². The van der Waals surface area contributed by atoms with Gasteiger partial charge in [0, 0.05) is 5.92 Å². The van der Waals surface area contributed by atoms with Crippen molar-refractivity contribution in [3.63, 3.8) is 0 Å². The van der Waals surface area contributed by atoms with Crippen LogP contribution in [0.25, 0.3) is 6.08 Å². The summed E-state index contributed by atoms with van der Waals surface area (Å²) in [7, 11) is 2.51. The first-order chi connectivity index (χ1) is 25.9. The zero-order valence-corrected chi connectivity index (χ0v) is 29.7. The number of carbonyl (C=O) groups excluding carboxylic acids is 4. The summed E-state index contributed by atoms with van der Waals surface area (Å²) >= 11 is 14.2. The summed E-state index contributed by atoms with van der Waals surface area (Å²) in [5.41, 5.74) is -1.78. The number of amides is 4. The van der Waals surface area contributed by atoms with Crippen LogP contribution in [0.4, 0.5) is 33.3 Å². The molecule has 3 aromatic carbocycles. The summed E-state index contributed by atoms with van der Waals surface area (Å²) in [4.78, 5) is 63.5. The molecule has 55 heavy (non-hydrogen) atoms. The lowest BCUT2D eigenvalue weighted by Crippen LogP contribution is -2.60. The number of benzene rings is 3. The highest BCUT2D eigenvalue weighted by molar-refractivity contribution is 6.58. The van der Waals surface area contributed by atoms with Crippen molar-refractivity contribution in [1.82, 2.24) is 0 Å². The third-order valence-electron chi connectivity index (χ3n) is 10.6. The van der Waals surface area contributed by atoms with Gasteiger partial charge in [0.15, 0.2) is 44.5 Å². The predicted octanol–water partition coefficient (Wildman–Crippen LogP) is 6.12. The van der Waals surface area contributed by atoms with Gasteiger partial charge in [0.05, 0.1) is 37.3 Å². The van der Waals surface area contributed by atoms with Crippen LogP contribution in [-0.4, -0.2) is 63.8 Å². The van der Waals surface area contributed by atoms with E-state index in [0.717, 1.165) is 11.0 Å². The number of alkyl halides is 2. The molecule has 2 aliphatic heterocycles. The number of ether oxygens (including phenoxy) is 2. The number of rotatable bonds is 7. The number of halogens is 7. The topological polar surface area (TPSA) is 151 Å². The number of carboxylic acids is 1. The van der Waals surface area contributed by atoms with E-state index in [1.54, 1.807) is 0 Å². The van der Waals surface area contributed by atoms with E-state index in [1.807, 2.05) is 0 Å². The predicted molar refractivity (Wildman–Crippen MR) is 183 cm³/mol. The number of carboxylic acid groups (broad SMARTS) is 1. The Hall–Kier alpha value is -5.48. The molecule has 4 aliphatic rings. The van der Waals surface area contributed by atoms with Crippen LogP contribution in [0.2, 0.25) is 0 Å². The van der Waals surface area contributed by atoms with Crippen LogP contribution in [0.1, 0.15) is 28.8 Å². The zero-order valence-electron chi connectivity index (χ0n) is 28.2. The molecule has 0 radical (unpaired) electrons. The normalized spacial score (nSPS) is 27.3. The first kappa shape index (κ1) is 37.8. The number of hydrogen-bond acceptors (Lipinski definition) is 8. The molecule has 0 aromatic heterocycles. The number of fused-ring (bicyclic) bond motifs is 4. The molecule has 6 atom stereocenters. The fourth-order valence-electron chi connectivity index (χ4n) is 8.06. The van der Waals surface area contributed by atoms with Crippen LogP contribution in [0.3, 0.4) is 0 Å². The number of aromatic carboxylic acids is 1. The maximum absolute atomic E-state index is 15.3. The second-order valence-electron chi connectivity index (χ2n) is 13.2. The van der Waals surface area contributed by atoms with Crippen molar-refractivity contribution in [1.29, 1.82) is 0 Å². The third kappa shape index (κ3) is 5.17. The van der Waals surface area contributed by atoms with Crippen LogP contribution < -0.4 is 19.3 Å². The number of imide groups is 2. The molecule has 7 rings (SSSR count). The van der Waals surface area contributed by atoms with Crippen molar-refractivity contribution in [2.75, 3.05) is 24.0 Å². The molecular formula is C37H25Cl2F5N2O9. The number of carbonyl (C=O) groups is 5. The monoisotopic (exact) mass is 806 g/mol. The van der Waals surface area contributed by atoms with Crippen LogP contribution in [0, 0.1) is 52.8 Å². The van der Waals surface area contributed by atoms with Gasteiger partial charge in [0.2, 0.25) is 23.4 Å². The van der Waals surface area contributed by atoms with Crippen molar-refractivity contribution in [2.45, 2.75) is 22.6 Å². The number of phenols is 1. The number of nitrogens with zero attached hydrogens (tertiary/aromatic N) is 2. The second-order valence-corrected chi connectivity index (χ2v) is 14.5. The van der Waals surface area contributed by atoms with Crippen molar-refractivity contribution < 1.29 is 65.6 Å². The Morgan fingerprint density at radius 3 is 2.04 bits per heavy atom. The smallest absolute Gasteiger partial charge is 0.335 e. The lowest BCUT2D eigenvalue weighted by Gasteiger charge is -2.49. The van der Waals surface area contributed by atoms with Crippen molar-refractivity contribution in [3.8, 4) is 17.2 Å². The van der Waals surface area contributed by atoms with Crippen LogP contribution >= 0.6 is 23.2 Å². The highest BCUT2D eigenvalue weighted by atomic mass is 35.5. The van der Waals surface area contributed by atoms with Crippen LogP contribution in [0.5, 0.6) is 17.2 Å². The molecule has 2 aliphatic carbocycles. The summed E-state index contributed by atoms with van der Waals surface area (Å²) in [6.45, 7) is 0. The van der Waals surface area contributed by atoms with Crippen molar-refractivity contribution in [3.05, 3.63) is 94.3 Å². The highest BCUT2D eigenvalue weighted by Crippen LogP contribution is 2.64. The molecule has 2 saturated heterocycles. The van der Waals surface area contributed by atoms with E-state index in [-0.39, 0.29) is 51.0 Å². The average molecular weight is 808 g/mol. The summed E-state index contributed by atoms with van der Waals surface area (Å²) < 4.78 is 84.0. The van der Waals surface area contributed by atoms with Crippen LogP contribution in [0.15, 0.2) is 54.1 Å². The quantitative estimate of drug-likeness (QED) is 0.0720. The molecule has 3 aromatic rings. The average Bonchev–Trinajstić information content (AvgIpc) is 3.51. The van der Waals surface area contributed by atoms with Crippen molar-refractivity contribution in [2.24, 2.45) is 23.7 Å². The summed E-state index contributed by atoms with van der Waals surface area (Å²) in [6.07, 6.45) is 3.26. The Bertz CT molecular complexity index is 2290. The molecule has 2 heterocycles. The zero-order chi connectivity index (χ0) is 40.0. The Kier molecular flexibility index (Phi) is 9.00. The maximum atomic E-state index is 15.3. The van der Waals surface area contributed by atoms with Gasteiger partial charge in [0.25, 0.3) is 11.8 Å². The van der Waals surface area contributed by atoms with E-state index >= 15 is 8.78 Å². The molecule has 0 bridgehead atoms. The fraction of sp³-hybridized carbons (Fsp3) is 0.270. The number of allylic oxidation sites excluding steroid dienone is 3. The van der Waals surface area contributed by atoms with E-state index in [4.69, 9.17) is 32.7 Å².